The predicted molar refractivity (Wildman–Crippen MR) is 80.7 cm³/mol. The maximum atomic E-state index is 12.6. The summed E-state index contributed by atoms with van der Waals surface area (Å²) in [5, 5.41) is 3.48. The maximum Gasteiger partial charge on any atom is 0.257 e. The molecule has 3 nitrogen and oxygen atoms in total. The predicted octanol–water partition coefficient (Wildman–Crippen LogP) is 3.58. The Hall–Kier alpha value is -2.29. The molecule has 0 fully saturated rings. The Morgan fingerprint density at radius 1 is 1.15 bits per heavy atom. The summed E-state index contributed by atoms with van der Waals surface area (Å²) in [5.41, 5.74) is 3.98. The van der Waals surface area contributed by atoms with Crippen molar-refractivity contribution in [2.75, 3.05) is 11.9 Å². The normalized spacial score (nSPS) is 17.6. The van der Waals surface area contributed by atoms with Crippen molar-refractivity contribution in [2.45, 2.75) is 20.0 Å². The SMILES string of the molecule is CCN1C(=O)c2ccccc2NC1c1cccc(C)c1. The number of benzene rings is 2. The van der Waals surface area contributed by atoms with E-state index in [1.165, 1.54) is 5.56 Å². The second-order valence-corrected chi connectivity index (χ2v) is 5.10. The summed E-state index contributed by atoms with van der Waals surface area (Å²) >= 11 is 0. The molecule has 102 valence electrons. The Kier molecular flexibility index (Phi) is 3.18. The fraction of sp³-hybridized carbons (Fsp3) is 0.235. The molecular formula is C17H18N2O. The first-order valence-corrected chi connectivity index (χ1v) is 6.94. The lowest BCUT2D eigenvalue weighted by Gasteiger charge is -2.37. The number of para-hydroxylation sites is 1. The van der Waals surface area contributed by atoms with E-state index in [0.29, 0.717) is 6.54 Å². The highest BCUT2D eigenvalue weighted by molar-refractivity contribution is 6.01. The van der Waals surface area contributed by atoms with Gasteiger partial charge in [-0.3, -0.25) is 4.79 Å². The molecule has 0 bridgehead atoms. The van der Waals surface area contributed by atoms with Crippen LogP contribution in [0.2, 0.25) is 0 Å². The van der Waals surface area contributed by atoms with Gasteiger partial charge in [0.1, 0.15) is 6.17 Å². The minimum atomic E-state index is -0.0951. The van der Waals surface area contributed by atoms with Gasteiger partial charge in [-0.1, -0.05) is 42.0 Å². The van der Waals surface area contributed by atoms with Crippen LogP contribution < -0.4 is 5.32 Å². The molecule has 0 saturated carbocycles. The molecule has 1 aliphatic heterocycles. The van der Waals surface area contributed by atoms with E-state index in [4.69, 9.17) is 0 Å². The molecule has 0 aliphatic carbocycles. The molecule has 20 heavy (non-hydrogen) atoms. The average molecular weight is 266 g/mol. The summed E-state index contributed by atoms with van der Waals surface area (Å²) in [4.78, 5) is 14.5. The lowest BCUT2D eigenvalue weighted by molar-refractivity contribution is 0.0695. The molecule has 3 heteroatoms. The topological polar surface area (TPSA) is 32.3 Å². The van der Waals surface area contributed by atoms with Gasteiger partial charge in [0.05, 0.1) is 5.56 Å². The molecule has 1 atom stereocenters. The van der Waals surface area contributed by atoms with Gasteiger partial charge < -0.3 is 10.2 Å². The number of hydrogen-bond donors (Lipinski definition) is 1. The summed E-state index contributed by atoms with van der Waals surface area (Å²) < 4.78 is 0. The van der Waals surface area contributed by atoms with Gasteiger partial charge in [-0.05, 0) is 31.5 Å². The first kappa shape index (κ1) is 12.7. The molecule has 1 N–H and O–H groups in total. The molecule has 0 radical (unpaired) electrons. The van der Waals surface area contributed by atoms with Crippen LogP contribution >= 0.6 is 0 Å². The van der Waals surface area contributed by atoms with Crippen molar-refractivity contribution in [1.82, 2.24) is 4.90 Å². The van der Waals surface area contributed by atoms with E-state index < -0.39 is 0 Å². The fourth-order valence-electron chi connectivity index (χ4n) is 2.72. The standard InChI is InChI=1S/C17H18N2O/c1-3-19-16(13-8-6-7-12(2)11-13)18-15-10-5-4-9-14(15)17(19)20/h4-11,16,18H,3H2,1-2H3. The van der Waals surface area contributed by atoms with Crippen LogP contribution in [0.4, 0.5) is 5.69 Å². The van der Waals surface area contributed by atoms with E-state index in [1.54, 1.807) is 0 Å². The number of anilines is 1. The third kappa shape index (κ3) is 2.05. The van der Waals surface area contributed by atoms with E-state index in [2.05, 4.69) is 30.4 Å². The molecule has 2 aromatic carbocycles. The zero-order chi connectivity index (χ0) is 14.1. The summed E-state index contributed by atoms with van der Waals surface area (Å²) in [7, 11) is 0. The van der Waals surface area contributed by atoms with Crippen molar-refractivity contribution in [1.29, 1.82) is 0 Å². The second kappa shape index (κ2) is 5.00. The van der Waals surface area contributed by atoms with Gasteiger partial charge in [-0.25, -0.2) is 0 Å². The van der Waals surface area contributed by atoms with Gasteiger partial charge in [-0.2, -0.15) is 0 Å². The largest absolute Gasteiger partial charge is 0.361 e. The van der Waals surface area contributed by atoms with E-state index in [-0.39, 0.29) is 12.1 Å². The molecule has 1 unspecified atom stereocenters. The van der Waals surface area contributed by atoms with Gasteiger partial charge in [0.2, 0.25) is 0 Å². The fourth-order valence-corrected chi connectivity index (χ4v) is 2.72. The lowest BCUT2D eigenvalue weighted by Crippen LogP contribution is -2.42. The Balaban J connectivity index is 2.06. The molecular weight excluding hydrogens is 248 g/mol. The number of carbonyl (C=O) groups is 1. The van der Waals surface area contributed by atoms with Gasteiger partial charge in [0.15, 0.2) is 0 Å². The van der Waals surface area contributed by atoms with Crippen molar-refractivity contribution >= 4 is 11.6 Å². The highest BCUT2D eigenvalue weighted by atomic mass is 16.2. The molecule has 1 heterocycles. The van der Waals surface area contributed by atoms with Gasteiger partial charge >= 0.3 is 0 Å². The summed E-state index contributed by atoms with van der Waals surface area (Å²) in [6.45, 7) is 4.76. The Morgan fingerprint density at radius 3 is 2.70 bits per heavy atom. The van der Waals surface area contributed by atoms with Crippen LogP contribution in [0.5, 0.6) is 0 Å². The maximum absolute atomic E-state index is 12.6. The smallest absolute Gasteiger partial charge is 0.257 e. The molecule has 2 aromatic rings. The lowest BCUT2D eigenvalue weighted by atomic mass is 10.0. The number of nitrogens with one attached hydrogen (secondary N) is 1. The monoisotopic (exact) mass is 266 g/mol. The van der Waals surface area contributed by atoms with Crippen molar-refractivity contribution in [2.24, 2.45) is 0 Å². The Labute approximate surface area is 119 Å². The molecule has 1 amide bonds. The van der Waals surface area contributed by atoms with Crippen LogP contribution in [0.3, 0.4) is 0 Å². The van der Waals surface area contributed by atoms with Gasteiger partial charge in [-0.15, -0.1) is 0 Å². The first-order valence-electron chi connectivity index (χ1n) is 6.94. The number of carbonyl (C=O) groups excluding carboxylic acids is 1. The Morgan fingerprint density at radius 2 is 1.95 bits per heavy atom. The number of hydrogen-bond acceptors (Lipinski definition) is 2. The number of rotatable bonds is 2. The van der Waals surface area contributed by atoms with E-state index in [9.17, 15) is 4.79 Å². The van der Waals surface area contributed by atoms with E-state index in [0.717, 1.165) is 16.8 Å². The van der Waals surface area contributed by atoms with Crippen molar-refractivity contribution in [3.63, 3.8) is 0 Å². The number of nitrogens with zero attached hydrogens (tertiary/aromatic N) is 1. The molecule has 3 rings (SSSR count). The quantitative estimate of drug-likeness (QED) is 0.901. The van der Waals surface area contributed by atoms with E-state index in [1.807, 2.05) is 42.2 Å². The minimum Gasteiger partial charge on any atom is -0.361 e. The van der Waals surface area contributed by atoms with Crippen LogP contribution in [-0.2, 0) is 0 Å². The van der Waals surface area contributed by atoms with Crippen LogP contribution in [0, 0.1) is 6.92 Å². The molecule has 1 aliphatic rings. The van der Waals surface area contributed by atoms with Crippen LogP contribution in [0.15, 0.2) is 48.5 Å². The average Bonchev–Trinajstić information content (AvgIpc) is 2.47. The Bertz CT molecular complexity index is 651. The minimum absolute atomic E-state index is 0.0911. The number of amides is 1. The third-order valence-corrected chi connectivity index (χ3v) is 3.72. The second-order valence-electron chi connectivity index (χ2n) is 5.10. The van der Waals surface area contributed by atoms with Crippen molar-refractivity contribution < 1.29 is 4.79 Å². The van der Waals surface area contributed by atoms with Crippen LogP contribution in [0.1, 0.15) is 34.6 Å². The summed E-state index contributed by atoms with van der Waals surface area (Å²) in [6.07, 6.45) is -0.0951. The molecule has 0 saturated heterocycles. The first-order chi connectivity index (χ1) is 9.70. The molecule has 0 spiro atoms. The zero-order valence-corrected chi connectivity index (χ0v) is 11.8. The van der Waals surface area contributed by atoms with Crippen molar-refractivity contribution in [3.05, 3.63) is 65.2 Å². The number of aryl methyl sites for hydroxylation is 1. The highest BCUT2D eigenvalue weighted by Gasteiger charge is 2.31. The van der Waals surface area contributed by atoms with Crippen LogP contribution in [-0.4, -0.2) is 17.4 Å². The van der Waals surface area contributed by atoms with Crippen molar-refractivity contribution in [3.8, 4) is 0 Å². The highest BCUT2D eigenvalue weighted by Crippen LogP contribution is 2.32. The zero-order valence-electron chi connectivity index (χ0n) is 11.8. The van der Waals surface area contributed by atoms with Gasteiger partial charge in [0, 0.05) is 12.2 Å². The summed E-state index contributed by atoms with van der Waals surface area (Å²) in [6, 6.07) is 16.0. The third-order valence-electron chi connectivity index (χ3n) is 3.72. The molecule has 0 aromatic heterocycles. The van der Waals surface area contributed by atoms with E-state index >= 15 is 0 Å². The number of fused-ring (bicyclic) bond motifs is 1. The van der Waals surface area contributed by atoms with Crippen LogP contribution in [0.25, 0.3) is 0 Å². The van der Waals surface area contributed by atoms with Gasteiger partial charge in [0.25, 0.3) is 5.91 Å². The summed E-state index contributed by atoms with van der Waals surface area (Å²) in [5.74, 6) is 0.0911.